The molecule has 2 aliphatic rings. The van der Waals surface area contributed by atoms with E-state index < -0.39 is 6.10 Å². The highest BCUT2D eigenvalue weighted by molar-refractivity contribution is 5.87. The van der Waals surface area contributed by atoms with E-state index in [-0.39, 0.29) is 30.1 Å². The molecule has 2 aromatic rings. The Morgan fingerprint density at radius 3 is 2.76 bits per heavy atom. The van der Waals surface area contributed by atoms with Crippen LogP contribution in [0, 0.1) is 5.92 Å². The quantitative estimate of drug-likeness (QED) is 0.808. The molecule has 1 aromatic carbocycles. The Labute approximate surface area is 171 Å². The molecule has 0 spiro atoms. The SMILES string of the molecule is CO[C@H]1C[C@@H](C(=O)NC2CCC(Oc3cccc4cnccc34)CC2)CC[C@H]1O. The second-order valence-corrected chi connectivity index (χ2v) is 8.30. The van der Waals surface area contributed by atoms with Crippen LogP contribution < -0.4 is 10.1 Å². The largest absolute Gasteiger partial charge is 0.490 e. The van der Waals surface area contributed by atoms with Crippen LogP contribution in [0.4, 0.5) is 0 Å². The van der Waals surface area contributed by atoms with Crippen molar-refractivity contribution in [3.8, 4) is 5.75 Å². The number of carbonyl (C=O) groups is 1. The number of amides is 1. The summed E-state index contributed by atoms with van der Waals surface area (Å²) in [4.78, 5) is 16.8. The maximum Gasteiger partial charge on any atom is 0.223 e. The standard InChI is InChI=1S/C23H30N2O4/c1-28-22-13-15(5-10-20(22)26)23(27)25-17-6-8-18(9-7-17)29-21-4-2-3-16-14-24-12-11-19(16)21/h2-4,11-12,14-15,17-18,20,22,26H,5-10,13H2,1H3,(H,25,27)/t15-,17?,18?,20+,22-/m0/s1. The Balaban J connectivity index is 1.28. The molecule has 3 atom stereocenters. The summed E-state index contributed by atoms with van der Waals surface area (Å²) < 4.78 is 11.6. The number of nitrogens with zero attached hydrogens (tertiary/aromatic N) is 1. The molecule has 6 nitrogen and oxygen atoms in total. The summed E-state index contributed by atoms with van der Waals surface area (Å²) in [5.74, 6) is 0.940. The van der Waals surface area contributed by atoms with Crippen molar-refractivity contribution in [2.75, 3.05) is 7.11 Å². The molecule has 29 heavy (non-hydrogen) atoms. The number of rotatable bonds is 5. The molecular formula is C23H30N2O4. The summed E-state index contributed by atoms with van der Waals surface area (Å²) in [5, 5.41) is 15.3. The van der Waals surface area contributed by atoms with Crippen molar-refractivity contribution < 1.29 is 19.4 Å². The molecule has 2 fully saturated rings. The minimum absolute atomic E-state index is 0.0679. The fourth-order valence-electron chi connectivity index (χ4n) is 4.62. The minimum Gasteiger partial charge on any atom is -0.490 e. The Kier molecular flexibility index (Phi) is 6.31. The molecule has 2 saturated carbocycles. The van der Waals surface area contributed by atoms with Crippen LogP contribution >= 0.6 is 0 Å². The molecule has 0 bridgehead atoms. The Hall–Kier alpha value is -2.18. The van der Waals surface area contributed by atoms with Gasteiger partial charge in [0.05, 0.1) is 18.3 Å². The van der Waals surface area contributed by atoms with Crippen molar-refractivity contribution in [1.82, 2.24) is 10.3 Å². The summed E-state index contributed by atoms with van der Waals surface area (Å²) in [6.07, 6.45) is 8.76. The number of aromatic nitrogens is 1. The molecule has 6 heteroatoms. The highest BCUT2D eigenvalue weighted by Gasteiger charge is 2.34. The van der Waals surface area contributed by atoms with E-state index in [1.807, 2.05) is 30.5 Å². The summed E-state index contributed by atoms with van der Waals surface area (Å²) in [6, 6.07) is 8.25. The molecule has 0 aliphatic heterocycles. The van der Waals surface area contributed by atoms with Crippen LogP contribution in [0.5, 0.6) is 5.75 Å². The van der Waals surface area contributed by atoms with Crippen LogP contribution in [0.15, 0.2) is 36.7 Å². The number of methoxy groups -OCH3 is 1. The fourth-order valence-corrected chi connectivity index (χ4v) is 4.62. The van der Waals surface area contributed by atoms with Gasteiger partial charge in [-0.25, -0.2) is 0 Å². The third-order valence-electron chi connectivity index (χ3n) is 6.39. The first-order valence-electron chi connectivity index (χ1n) is 10.6. The van der Waals surface area contributed by atoms with E-state index in [0.717, 1.165) is 48.6 Å². The van der Waals surface area contributed by atoms with Crippen LogP contribution in [-0.2, 0) is 9.53 Å². The first-order chi connectivity index (χ1) is 14.1. The van der Waals surface area contributed by atoms with E-state index in [0.29, 0.717) is 12.8 Å². The van der Waals surface area contributed by atoms with Gasteiger partial charge in [0.25, 0.3) is 0 Å². The highest BCUT2D eigenvalue weighted by atomic mass is 16.5. The van der Waals surface area contributed by atoms with E-state index in [1.165, 1.54) is 0 Å². The number of carbonyl (C=O) groups excluding carboxylic acids is 1. The Morgan fingerprint density at radius 2 is 1.97 bits per heavy atom. The van der Waals surface area contributed by atoms with Crippen LogP contribution in [0.1, 0.15) is 44.9 Å². The third-order valence-corrected chi connectivity index (χ3v) is 6.39. The predicted molar refractivity (Wildman–Crippen MR) is 111 cm³/mol. The average Bonchev–Trinajstić information content (AvgIpc) is 2.75. The highest BCUT2D eigenvalue weighted by Crippen LogP contribution is 2.30. The molecule has 2 aliphatic carbocycles. The first-order valence-corrected chi connectivity index (χ1v) is 10.6. The average molecular weight is 399 g/mol. The van der Waals surface area contributed by atoms with E-state index >= 15 is 0 Å². The molecule has 0 radical (unpaired) electrons. The van der Waals surface area contributed by atoms with Crippen molar-refractivity contribution in [3.63, 3.8) is 0 Å². The van der Waals surface area contributed by atoms with Gasteiger partial charge >= 0.3 is 0 Å². The van der Waals surface area contributed by atoms with Crippen molar-refractivity contribution in [2.24, 2.45) is 5.92 Å². The maximum atomic E-state index is 12.7. The number of nitrogens with one attached hydrogen (secondary N) is 1. The van der Waals surface area contributed by atoms with Crippen molar-refractivity contribution in [3.05, 3.63) is 36.7 Å². The summed E-state index contributed by atoms with van der Waals surface area (Å²) in [6.45, 7) is 0. The van der Waals surface area contributed by atoms with Crippen LogP contribution in [0.3, 0.4) is 0 Å². The van der Waals surface area contributed by atoms with Gasteiger partial charge in [-0.2, -0.15) is 0 Å². The third kappa shape index (κ3) is 4.70. The lowest BCUT2D eigenvalue weighted by Crippen LogP contribution is -2.46. The molecule has 156 valence electrons. The van der Waals surface area contributed by atoms with E-state index in [4.69, 9.17) is 9.47 Å². The van der Waals surface area contributed by atoms with Gasteiger partial charge in [0.15, 0.2) is 0 Å². The number of aliphatic hydroxyl groups excluding tert-OH is 1. The number of hydrogen-bond acceptors (Lipinski definition) is 5. The van der Waals surface area contributed by atoms with Crippen molar-refractivity contribution in [1.29, 1.82) is 0 Å². The fraction of sp³-hybridized carbons (Fsp3) is 0.565. The zero-order chi connectivity index (χ0) is 20.2. The first kappa shape index (κ1) is 20.1. The molecule has 1 aromatic heterocycles. The van der Waals surface area contributed by atoms with E-state index in [2.05, 4.69) is 10.3 Å². The summed E-state index contributed by atoms with van der Waals surface area (Å²) in [5.41, 5.74) is 0. The van der Waals surface area contributed by atoms with Gasteiger partial charge in [-0.1, -0.05) is 12.1 Å². The normalized spacial score (nSPS) is 30.1. The lowest BCUT2D eigenvalue weighted by atomic mass is 9.84. The number of hydrogen-bond donors (Lipinski definition) is 2. The number of fused-ring (bicyclic) bond motifs is 1. The molecular weight excluding hydrogens is 368 g/mol. The molecule has 0 saturated heterocycles. The molecule has 1 amide bonds. The molecule has 4 rings (SSSR count). The van der Waals surface area contributed by atoms with Crippen LogP contribution in [-0.4, -0.2) is 47.5 Å². The van der Waals surface area contributed by atoms with Crippen molar-refractivity contribution >= 4 is 16.7 Å². The van der Waals surface area contributed by atoms with Gasteiger partial charge in [-0.15, -0.1) is 0 Å². The van der Waals surface area contributed by atoms with Gasteiger partial charge in [-0.3, -0.25) is 9.78 Å². The Morgan fingerprint density at radius 1 is 1.14 bits per heavy atom. The topological polar surface area (TPSA) is 80.7 Å². The monoisotopic (exact) mass is 398 g/mol. The Bertz CT molecular complexity index is 829. The van der Waals surface area contributed by atoms with Crippen molar-refractivity contribution in [2.45, 2.75) is 69.3 Å². The molecule has 0 unspecified atom stereocenters. The van der Waals surface area contributed by atoms with Crippen LogP contribution in [0.2, 0.25) is 0 Å². The zero-order valence-corrected chi connectivity index (χ0v) is 16.9. The number of benzene rings is 1. The zero-order valence-electron chi connectivity index (χ0n) is 16.9. The smallest absolute Gasteiger partial charge is 0.223 e. The minimum atomic E-state index is -0.457. The maximum absolute atomic E-state index is 12.7. The molecule has 2 N–H and O–H groups in total. The van der Waals surface area contributed by atoms with Gasteiger partial charge in [-0.05, 0) is 57.1 Å². The van der Waals surface area contributed by atoms with Gasteiger partial charge in [0.2, 0.25) is 5.91 Å². The number of ether oxygens (including phenoxy) is 2. The predicted octanol–water partition coefficient (Wildman–Crippen LogP) is 3.22. The summed E-state index contributed by atoms with van der Waals surface area (Å²) in [7, 11) is 1.60. The summed E-state index contributed by atoms with van der Waals surface area (Å²) >= 11 is 0. The number of pyridine rings is 1. The van der Waals surface area contributed by atoms with E-state index in [1.54, 1.807) is 13.3 Å². The lowest BCUT2D eigenvalue weighted by Gasteiger charge is -2.34. The molecule has 1 heterocycles. The van der Waals surface area contributed by atoms with Gasteiger partial charge in [0, 0.05) is 42.2 Å². The van der Waals surface area contributed by atoms with Gasteiger partial charge in [0.1, 0.15) is 5.75 Å². The van der Waals surface area contributed by atoms with Gasteiger partial charge < -0.3 is 19.9 Å². The second kappa shape index (κ2) is 9.09. The second-order valence-electron chi connectivity index (χ2n) is 8.30. The van der Waals surface area contributed by atoms with E-state index in [9.17, 15) is 9.90 Å². The van der Waals surface area contributed by atoms with Crippen LogP contribution in [0.25, 0.3) is 10.8 Å². The number of aliphatic hydroxyl groups is 1. The lowest BCUT2D eigenvalue weighted by molar-refractivity contribution is -0.131.